The number of aryl methyl sites for hydroxylation is 1. The lowest BCUT2D eigenvalue weighted by Gasteiger charge is -2.16. The fourth-order valence-electron chi connectivity index (χ4n) is 2.95. The van der Waals surface area contributed by atoms with Gasteiger partial charge in [-0.3, -0.25) is 4.79 Å². The highest BCUT2D eigenvalue weighted by Gasteiger charge is 2.28. The first-order chi connectivity index (χ1) is 13.6. The van der Waals surface area contributed by atoms with Crippen LogP contribution in [0.1, 0.15) is 35.2 Å². The predicted octanol–water partition coefficient (Wildman–Crippen LogP) is 0.876. The minimum Gasteiger partial charge on any atom is -0.427 e. The smallest absolute Gasteiger partial charge is 0.363 e. The molecule has 0 amide bonds. The molecule has 154 valence electrons. The molecule has 1 aliphatic carbocycles. The molecule has 0 radical (unpaired) electrons. The fourth-order valence-corrected chi connectivity index (χ4v) is 4.40. The second-order valence-corrected chi connectivity index (χ2v) is 8.90. The lowest BCUT2D eigenvalue weighted by atomic mass is 10.1. The van der Waals surface area contributed by atoms with Crippen molar-refractivity contribution in [3.05, 3.63) is 50.6 Å². The van der Waals surface area contributed by atoms with Gasteiger partial charge < -0.3 is 4.74 Å². The molecule has 0 bridgehead atoms. The molecule has 1 aromatic heterocycles. The minimum atomic E-state index is -3.95. The Morgan fingerprint density at radius 1 is 1.24 bits per heavy atom. The number of hydrogen-bond donors (Lipinski definition) is 0. The zero-order chi connectivity index (χ0) is 21.3. The number of aromatic nitrogens is 4. The molecule has 0 fully saturated rings. The fraction of sp³-hybridized carbons (Fsp3) is 0.353. The first-order valence-corrected chi connectivity index (χ1v) is 10.8. The van der Waals surface area contributed by atoms with Crippen LogP contribution in [0.5, 0.6) is 0 Å². The van der Waals surface area contributed by atoms with Gasteiger partial charge in [0.1, 0.15) is 5.76 Å². The van der Waals surface area contributed by atoms with E-state index in [9.17, 15) is 22.8 Å². The zero-order valence-electron chi connectivity index (χ0n) is 15.6. The van der Waals surface area contributed by atoms with E-state index >= 15 is 0 Å². The number of rotatable bonds is 5. The van der Waals surface area contributed by atoms with Gasteiger partial charge in [0.2, 0.25) is 0 Å². The first-order valence-electron chi connectivity index (χ1n) is 8.51. The minimum absolute atomic E-state index is 0.0138. The summed E-state index contributed by atoms with van der Waals surface area (Å²) >= 11 is 6.19. The Morgan fingerprint density at radius 2 is 1.97 bits per heavy atom. The lowest BCUT2D eigenvalue weighted by Crippen LogP contribution is -2.25. The van der Waals surface area contributed by atoms with Crippen molar-refractivity contribution in [2.45, 2.75) is 30.7 Å². The Kier molecular flexibility index (Phi) is 5.71. The van der Waals surface area contributed by atoms with Crippen LogP contribution in [0, 0.1) is 0 Å². The maximum absolute atomic E-state index is 12.7. The molecule has 0 aliphatic heterocycles. The number of carbonyl (C=O) groups is 2. The summed E-state index contributed by atoms with van der Waals surface area (Å²) in [5.74, 6) is -0.927. The number of halogens is 1. The maximum atomic E-state index is 12.7. The summed E-state index contributed by atoms with van der Waals surface area (Å²) in [5.41, 5.74) is -0.818. The van der Waals surface area contributed by atoms with Gasteiger partial charge in [0, 0.05) is 42.8 Å². The van der Waals surface area contributed by atoms with Gasteiger partial charge in [-0.15, -0.1) is 0 Å². The zero-order valence-corrected chi connectivity index (χ0v) is 17.2. The maximum Gasteiger partial charge on any atom is 0.363 e. The molecule has 1 aliphatic rings. The van der Waals surface area contributed by atoms with Crippen molar-refractivity contribution < 1.29 is 22.7 Å². The molecule has 29 heavy (non-hydrogen) atoms. The summed E-state index contributed by atoms with van der Waals surface area (Å²) in [4.78, 5) is 35.9. The van der Waals surface area contributed by atoms with Gasteiger partial charge in [-0.05, 0) is 29.0 Å². The van der Waals surface area contributed by atoms with Crippen LogP contribution in [0.25, 0.3) is 0 Å². The highest BCUT2D eigenvalue weighted by molar-refractivity contribution is 7.90. The van der Waals surface area contributed by atoms with Crippen molar-refractivity contribution in [1.29, 1.82) is 0 Å². The molecule has 0 unspecified atom stereocenters. The van der Waals surface area contributed by atoms with Gasteiger partial charge in [0.25, 0.3) is 0 Å². The van der Waals surface area contributed by atoms with Crippen LogP contribution in [0.2, 0.25) is 5.02 Å². The van der Waals surface area contributed by atoms with E-state index in [0.717, 1.165) is 15.6 Å². The lowest BCUT2D eigenvalue weighted by molar-refractivity contribution is -0.115. The van der Waals surface area contributed by atoms with Gasteiger partial charge in [-0.25, -0.2) is 18.0 Å². The van der Waals surface area contributed by atoms with E-state index in [1.165, 1.54) is 25.3 Å². The van der Waals surface area contributed by atoms with Gasteiger partial charge in [0.15, 0.2) is 15.6 Å². The summed E-state index contributed by atoms with van der Waals surface area (Å²) in [6.45, 7) is -0.309. The normalized spacial score (nSPS) is 14.6. The number of tetrazole rings is 1. The molecule has 1 aromatic carbocycles. The van der Waals surface area contributed by atoms with E-state index < -0.39 is 21.5 Å². The number of allylic oxidation sites excluding steroid dienone is 2. The highest BCUT2D eigenvalue weighted by atomic mass is 35.5. The Balaban J connectivity index is 2.08. The monoisotopic (exact) mass is 440 g/mol. The van der Waals surface area contributed by atoms with Crippen LogP contribution < -0.4 is 5.69 Å². The molecule has 0 spiro atoms. The van der Waals surface area contributed by atoms with E-state index in [1.54, 1.807) is 0 Å². The third-order valence-corrected chi connectivity index (χ3v) is 5.84. The molecular weight excluding hydrogens is 424 g/mol. The quantitative estimate of drug-likeness (QED) is 0.626. The van der Waals surface area contributed by atoms with Crippen LogP contribution in [0.15, 0.2) is 33.7 Å². The van der Waals surface area contributed by atoms with Crippen molar-refractivity contribution in [3.63, 3.8) is 0 Å². The topological polar surface area (TPSA) is 130 Å². The second-order valence-electron chi connectivity index (χ2n) is 6.54. The molecule has 12 heteroatoms. The van der Waals surface area contributed by atoms with Crippen LogP contribution in [-0.4, -0.2) is 46.2 Å². The number of nitrogens with zero attached hydrogens (tertiary/aromatic N) is 4. The SMILES string of the molecule is Cn1nnn(Cc2c(Cl)ccc(C(=O)OC3=CC(=O)CCC3)c2S(C)(=O)=O)c1=O. The highest BCUT2D eigenvalue weighted by Crippen LogP contribution is 2.30. The standard InChI is InChI=1S/C17H17ClN4O6S/c1-21-17(25)22(20-19-21)9-13-14(18)7-6-12(15(13)29(2,26)27)16(24)28-11-5-3-4-10(23)8-11/h6-8H,3-5,9H2,1-2H3. The van der Waals surface area contributed by atoms with Crippen molar-refractivity contribution >= 4 is 33.2 Å². The summed E-state index contributed by atoms with van der Waals surface area (Å²) < 4.78 is 32.1. The first kappa shape index (κ1) is 20.9. The Hall–Kier alpha value is -2.79. The Labute approximate surface area is 170 Å². The van der Waals surface area contributed by atoms with E-state index in [4.69, 9.17) is 16.3 Å². The largest absolute Gasteiger partial charge is 0.427 e. The Morgan fingerprint density at radius 3 is 2.55 bits per heavy atom. The van der Waals surface area contributed by atoms with Crippen LogP contribution >= 0.6 is 11.6 Å². The van der Waals surface area contributed by atoms with Gasteiger partial charge >= 0.3 is 11.7 Å². The van der Waals surface area contributed by atoms with E-state index in [2.05, 4.69) is 10.4 Å². The average molecular weight is 441 g/mol. The van der Waals surface area contributed by atoms with Crippen molar-refractivity contribution in [1.82, 2.24) is 19.8 Å². The summed E-state index contributed by atoms with van der Waals surface area (Å²) in [5, 5.41) is 7.26. The molecule has 3 rings (SSSR count). The van der Waals surface area contributed by atoms with E-state index in [1.807, 2.05) is 0 Å². The van der Waals surface area contributed by atoms with Crippen molar-refractivity contribution in [2.24, 2.45) is 7.05 Å². The van der Waals surface area contributed by atoms with Crippen LogP contribution in [-0.2, 0) is 33.0 Å². The van der Waals surface area contributed by atoms with Gasteiger partial charge in [-0.1, -0.05) is 11.6 Å². The third kappa shape index (κ3) is 4.46. The number of hydrogen-bond acceptors (Lipinski definition) is 8. The summed E-state index contributed by atoms with van der Waals surface area (Å²) in [7, 11) is -2.56. The number of carbonyl (C=O) groups excluding carboxylic acids is 2. The predicted molar refractivity (Wildman–Crippen MR) is 101 cm³/mol. The van der Waals surface area contributed by atoms with E-state index in [-0.39, 0.29) is 39.1 Å². The molecular formula is C17H17ClN4O6S. The van der Waals surface area contributed by atoms with Crippen molar-refractivity contribution in [3.8, 4) is 0 Å². The molecule has 2 aromatic rings. The molecule has 10 nitrogen and oxygen atoms in total. The van der Waals surface area contributed by atoms with Crippen LogP contribution in [0.3, 0.4) is 0 Å². The molecule has 0 saturated carbocycles. The number of esters is 1. The molecule has 0 atom stereocenters. The second kappa shape index (κ2) is 7.91. The van der Waals surface area contributed by atoms with Crippen molar-refractivity contribution in [2.75, 3.05) is 6.26 Å². The third-order valence-electron chi connectivity index (χ3n) is 4.27. The van der Waals surface area contributed by atoms with Crippen LogP contribution in [0.4, 0.5) is 0 Å². The number of benzene rings is 1. The average Bonchev–Trinajstić information content (AvgIpc) is 2.94. The summed E-state index contributed by atoms with van der Waals surface area (Å²) in [6.07, 6.45) is 3.45. The van der Waals surface area contributed by atoms with Gasteiger partial charge in [-0.2, -0.15) is 9.36 Å². The molecule has 0 N–H and O–H groups in total. The number of sulfone groups is 1. The molecule has 1 heterocycles. The Bertz CT molecular complexity index is 1190. The molecule has 0 saturated heterocycles. The van der Waals surface area contributed by atoms with E-state index in [0.29, 0.717) is 19.3 Å². The van der Waals surface area contributed by atoms with Gasteiger partial charge in [0.05, 0.1) is 17.0 Å². The summed E-state index contributed by atoms with van der Waals surface area (Å²) in [6, 6.07) is 2.57. The number of ether oxygens (including phenoxy) is 1. The number of ketones is 1.